The number of hydrogen-bond donors (Lipinski definition) is 2. The molecule has 1 aromatic heterocycles. The summed E-state index contributed by atoms with van der Waals surface area (Å²) in [6.07, 6.45) is 1.79. The molecule has 0 radical (unpaired) electrons. The van der Waals surface area contributed by atoms with Crippen LogP contribution in [0.3, 0.4) is 0 Å². The molecule has 1 aromatic carbocycles. The lowest BCUT2D eigenvalue weighted by Crippen LogP contribution is -2.04. The lowest BCUT2D eigenvalue weighted by molar-refractivity contribution is 0.838. The molecule has 0 aliphatic heterocycles. The average molecular weight is 346 g/mol. The van der Waals surface area contributed by atoms with Crippen LogP contribution in [-0.4, -0.2) is 17.0 Å². The summed E-state index contributed by atoms with van der Waals surface area (Å²) in [5, 5.41) is 15.4. The Morgan fingerprint density at radius 2 is 2.00 bits per heavy atom. The summed E-state index contributed by atoms with van der Waals surface area (Å²) in [5.74, 6) is 2.21. The van der Waals surface area contributed by atoms with E-state index in [9.17, 15) is 5.26 Å². The van der Waals surface area contributed by atoms with E-state index < -0.39 is 0 Å². The van der Waals surface area contributed by atoms with E-state index in [0.29, 0.717) is 11.4 Å². The second-order valence-corrected chi connectivity index (χ2v) is 5.40. The van der Waals surface area contributed by atoms with Crippen LogP contribution in [0.1, 0.15) is 24.7 Å². The number of nitrogens with one attached hydrogen (secondary N) is 2. The molecule has 0 amide bonds. The maximum Gasteiger partial charge on any atom is 0.136 e. The van der Waals surface area contributed by atoms with E-state index in [1.807, 2.05) is 25.2 Å². The molecule has 0 unspecified atom stereocenters. The number of halogens is 1. The molecule has 0 saturated heterocycles. The number of nitrogens with zero attached hydrogens (tertiary/aromatic N) is 3. The van der Waals surface area contributed by atoms with Crippen LogP contribution in [0.2, 0.25) is 0 Å². The molecule has 21 heavy (non-hydrogen) atoms. The van der Waals surface area contributed by atoms with Gasteiger partial charge in [-0.2, -0.15) is 5.26 Å². The third-order valence-electron chi connectivity index (χ3n) is 2.87. The van der Waals surface area contributed by atoms with Crippen molar-refractivity contribution in [3.63, 3.8) is 0 Å². The first-order valence-corrected chi connectivity index (χ1v) is 7.48. The third kappa shape index (κ3) is 3.92. The van der Waals surface area contributed by atoms with Gasteiger partial charge < -0.3 is 10.6 Å². The summed E-state index contributed by atoms with van der Waals surface area (Å²) in [6.45, 7) is 2.09. The second kappa shape index (κ2) is 7.04. The SMILES string of the molecule is CCCc1nc(NC)cc(Nc2cc(Br)ccc2C#N)n1. The highest BCUT2D eigenvalue weighted by atomic mass is 79.9. The molecule has 2 rings (SSSR count). The minimum atomic E-state index is 0.569. The molecule has 6 heteroatoms. The van der Waals surface area contributed by atoms with Gasteiger partial charge in [0, 0.05) is 24.0 Å². The third-order valence-corrected chi connectivity index (χ3v) is 3.36. The normalized spacial score (nSPS) is 10.0. The van der Waals surface area contributed by atoms with Crippen LogP contribution in [0.4, 0.5) is 17.3 Å². The molecule has 0 bridgehead atoms. The molecular weight excluding hydrogens is 330 g/mol. The first-order valence-electron chi connectivity index (χ1n) is 6.68. The number of benzene rings is 1. The van der Waals surface area contributed by atoms with Gasteiger partial charge in [0.2, 0.25) is 0 Å². The monoisotopic (exact) mass is 345 g/mol. The maximum atomic E-state index is 9.18. The number of nitriles is 1. The Labute approximate surface area is 132 Å². The Morgan fingerprint density at radius 1 is 1.24 bits per heavy atom. The molecule has 2 aromatic rings. The maximum absolute atomic E-state index is 9.18. The molecule has 2 N–H and O–H groups in total. The van der Waals surface area contributed by atoms with Crippen molar-refractivity contribution in [2.24, 2.45) is 0 Å². The fourth-order valence-electron chi connectivity index (χ4n) is 1.88. The fraction of sp³-hybridized carbons (Fsp3) is 0.267. The van der Waals surface area contributed by atoms with Crippen molar-refractivity contribution in [1.29, 1.82) is 5.26 Å². The van der Waals surface area contributed by atoms with E-state index in [2.05, 4.69) is 49.5 Å². The van der Waals surface area contributed by atoms with Crippen LogP contribution >= 0.6 is 15.9 Å². The number of anilines is 3. The fourth-order valence-corrected chi connectivity index (χ4v) is 2.24. The highest BCUT2D eigenvalue weighted by molar-refractivity contribution is 9.10. The van der Waals surface area contributed by atoms with Crippen LogP contribution in [0.15, 0.2) is 28.7 Å². The summed E-state index contributed by atoms with van der Waals surface area (Å²) in [4.78, 5) is 8.89. The molecule has 0 spiro atoms. The summed E-state index contributed by atoms with van der Waals surface area (Å²) in [6, 6.07) is 9.45. The second-order valence-electron chi connectivity index (χ2n) is 4.48. The van der Waals surface area contributed by atoms with E-state index in [1.54, 1.807) is 6.07 Å². The van der Waals surface area contributed by atoms with E-state index in [1.165, 1.54) is 0 Å². The van der Waals surface area contributed by atoms with Crippen molar-refractivity contribution in [2.75, 3.05) is 17.7 Å². The molecule has 0 fully saturated rings. The lowest BCUT2D eigenvalue weighted by Gasteiger charge is -2.11. The van der Waals surface area contributed by atoms with Gasteiger partial charge in [0.25, 0.3) is 0 Å². The molecule has 0 aliphatic rings. The predicted molar refractivity (Wildman–Crippen MR) is 87.7 cm³/mol. The highest BCUT2D eigenvalue weighted by Gasteiger charge is 2.07. The topological polar surface area (TPSA) is 73.6 Å². The van der Waals surface area contributed by atoms with Gasteiger partial charge in [-0.05, 0) is 24.6 Å². The summed E-state index contributed by atoms with van der Waals surface area (Å²) >= 11 is 3.41. The van der Waals surface area contributed by atoms with Crippen molar-refractivity contribution in [2.45, 2.75) is 19.8 Å². The summed E-state index contributed by atoms with van der Waals surface area (Å²) < 4.78 is 0.903. The smallest absolute Gasteiger partial charge is 0.136 e. The Morgan fingerprint density at radius 3 is 2.67 bits per heavy atom. The minimum Gasteiger partial charge on any atom is -0.373 e. The molecule has 0 atom stereocenters. The quantitative estimate of drug-likeness (QED) is 0.860. The van der Waals surface area contributed by atoms with Crippen LogP contribution < -0.4 is 10.6 Å². The van der Waals surface area contributed by atoms with Gasteiger partial charge in [-0.3, -0.25) is 0 Å². The zero-order chi connectivity index (χ0) is 15.2. The Kier molecular flexibility index (Phi) is 5.12. The molecule has 5 nitrogen and oxygen atoms in total. The van der Waals surface area contributed by atoms with Gasteiger partial charge in [-0.1, -0.05) is 22.9 Å². The molecule has 1 heterocycles. The average Bonchev–Trinajstić information content (AvgIpc) is 2.47. The Balaban J connectivity index is 2.37. The standard InChI is InChI=1S/C15H16BrN5/c1-3-4-13-20-14(18-2)8-15(21-13)19-12-7-11(16)6-5-10(12)9-17/h5-8H,3-4H2,1-2H3,(H2,18,19,20,21). The largest absolute Gasteiger partial charge is 0.373 e. The number of aryl methyl sites for hydroxylation is 1. The van der Waals surface area contributed by atoms with E-state index in [-0.39, 0.29) is 0 Å². The summed E-state index contributed by atoms with van der Waals surface area (Å²) in [5.41, 5.74) is 1.29. The number of hydrogen-bond acceptors (Lipinski definition) is 5. The van der Waals surface area contributed by atoms with Crippen LogP contribution in [0, 0.1) is 11.3 Å². The lowest BCUT2D eigenvalue weighted by atomic mass is 10.2. The Hall–Kier alpha value is -2.13. The van der Waals surface area contributed by atoms with Crippen LogP contribution in [-0.2, 0) is 6.42 Å². The van der Waals surface area contributed by atoms with Crippen molar-refractivity contribution in [3.8, 4) is 6.07 Å². The van der Waals surface area contributed by atoms with E-state index >= 15 is 0 Å². The van der Waals surface area contributed by atoms with E-state index in [0.717, 1.165) is 34.6 Å². The number of aromatic nitrogens is 2. The zero-order valence-corrected chi connectivity index (χ0v) is 13.5. The van der Waals surface area contributed by atoms with Gasteiger partial charge in [0.15, 0.2) is 0 Å². The van der Waals surface area contributed by atoms with Gasteiger partial charge in [0.1, 0.15) is 23.5 Å². The van der Waals surface area contributed by atoms with E-state index in [4.69, 9.17) is 0 Å². The first kappa shape index (κ1) is 15.3. The van der Waals surface area contributed by atoms with Gasteiger partial charge in [-0.25, -0.2) is 9.97 Å². The molecule has 0 saturated carbocycles. The minimum absolute atomic E-state index is 0.569. The first-order chi connectivity index (χ1) is 10.2. The molecular formula is C15H16BrN5. The van der Waals surface area contributed by atoms with Crippen molar-refractivity contribution < 1.29 is 0 Å². The van der Waals surface area contributed by atoms with Crippen LogP contribution in [0.5, 0.6) is 0 Å². The predicted octanol–water partition coefficient (Wildman–Crippen LogP) is 3.85. The number of rotatable bonds is 5. The molecule has 0 aliphatic carbocycles. The van der Waals surface area contributed by atoms with Crippen molar-refractivity contribution in [3.05, 3.63) is 40.1 Å². The van der Waals surface area contributed by atoms with Crippen LogP contribution in [0.25, 0.3) is 0 Å². The van der Waals surface area contributed by atoms with Gasteiger partial charge in [-0.15, -0.1) is 0 Å². The zero-order valence-electron chi connectivity index (χ0n) is 11.9. The van der Waals surface area contributed by atoms with Gasteiger partial charge in [0.05, 0.1) is 11.3 Å². The van der Waals surface area contributed by atoms with Crippen molar-refractivity contribution in [1.82, 2.24) is 9.97 Å². The van der Waals surface area contributed by atoms with Gasteiger partial charge >= 0.3 is 0 Å². The summed E-state index contributed by atoms with van der Waals surface area (Å²) in [7, 11) is 1.82. The highest BCUT2D eigenvalue weighted by Crippen LogP contribution is 2.24. The molecule has 108 valence electrons. The Bertz CT molecular complexity index is 678. The van der Waals surface area contributed by atoms with Crippen molar-refractivity contribution >= 4 is 33.3 Å².